The molecule has 0 N–H and O–H groups in total. The van der Waals surface area contributed by atoms with Crippen molar-refractivity contribution in [3.63, 3.8) is 0 Å². The molecule has 0 atom stereocenters. The van der Waals surface area contributed by atoms with Crippen LogP contribution < -0.4 is 14.2 Å². The molecular formula is C19H22N4O3. The average Bonchev–Trinajstić information content (AvgIpc) is 2.92. The van der Waals surface area contributed by atoms with Gasteiger partial charge in [-0.2, -0.15) is 5.26 Å². The summed E-state index contributed by atoms with van der Waals surface area (Å²) < 4.78 is 18.3. The number of nitrogens with zero attached hydrogens (tertiary/aromatic N) is 4. The maximum atomic E-state index is 9.73. The molecule has 0 aliphatic carbocycles. The third-order valence-electron chi connectivity index (χ3n) is 4.51. The number of rotatable bonds is 5. The first-order valence-corrected chi connectivity index (χ1v) is 8.56. The lowest BCUT2D eigenvalue weighted by Gasteiger charge is -2.14. The number of ether oxygens (including phenoxy) is 3. The Bertz CT molecular complexity index is 864. The molecule has 1 aromatic carbocycles. The summed E-state index contributed by atoms with van der Waals surface area (Å²) in [6.07, 6.45) is 5.98. The summed E-state index contributed by atoms with van der Waals surface area (Å²) in [5, 5.41) is 18.3. The minimum atomic E-state index is 0.441. The minimum absolute atomic E-state index is 0.441. The van der Waals surface area contributed by atoms with E-state index in [4.69, 9.17) is 14.2 Å². The van der Waals surface area contributed by atoms with Crippen LogP contribution in [0.1, 0.15) is 36.5 Å². The largest absolute Gasteiger partial charge is 0.493 e. The fraction of sp³-hybridized carbons (Fsp3) is 0.421. The van der Waals surface area contributed by atoms with Gasteiger partial charge in [0.25, 0.3) is 0 Å². The fourth-order valence-electron chi connectivity index (χ4n) is 3.22. The van der Waals surface area contributed by atoms with E-state index in [1.54, 1.807) is 33.5 Å². The van der Waals surface area contributed by atoms with Crippen LogP contribution in [0.5, 0.6) is 17.2 Å². The number of fused-ring (bicyclic) bond motifs is 1. The van der Waals surface area contributed by atoms with Crippen LogP contribution in [-0.4, -0.2) is 36.1 Å². The molecule has 2 heterocycles. The van der Waals surface area contributed by atoms with Gasteiger partial charge in [-0.25, -0.2) is 0 Å². The second kappa shape index (κ2) is 7.91. The van der Waals surface area contributed by atoms with Crippen molar-refractivity contribution in [2.75, 3.05) is 21.3 Å². The summed E-state index contributed by atoms with van der Waals surface area (Å²) in [6.45, 7) is 0.833. The van der Waals surface area contributed by atoms with E-state index in [2.05, 4.69) is 20.8 Å². The number of hydrogen-bond donors (Lipinski definition) is 0. The van der Waals surface area contributed by atoms with Gasteiger partial charge in [0.2, 0.25) is 5.75 Å². The second-order valence-corrected chi connectivity index (χ2v) is 6.00. The van der Waals surface area contributed by atoms with Crippen molar-refractivity contribution in [2.45, 2.75) is 32.2 Å². The first-order valence-electron chi connectivity index (χ1n) is 8.56. The molecule has 0 amide bonds. The first kappa shape index (κ1) is 17.8. The Morgan fingerprint density at radius 1 is 1.08 bits per heavy atom. The summed E-state index contributed by atoms with van der Waals surface area (Å²) >= 11 is 0. The number of hydrogen-bond acceptors (Lipinski definition) is 6. The maximum Gasteiger partial charge on any atom is 0.203 e. The van der Waals surface area contributed by atoms with Gasteiger partial charge in [-0.15, -0.1) is 10.2 Å². The summed E-state index contributed by atoms with van der Waals surface area (Å²) in [7, 11) is 4.68. The van der Waals surface area contributed by atoms with Gasteiger partial charge in [0.1, 0.15) is 11.9 Å². The van der Waals surface area contributed by atoms with Gasteiger partial charge in [0.05, 0.1) is 26.9 Å². The zero-order chi connectivity index (χ0) is 18.5. The minimum Gasteiger partial charge on any atom is -0.493 e. The Labute approximate surface area is 152 Å². The Kier molecular flexibility index (Phi) is 5.42. The van der Waals surface area contributed by atoms with Gasteiger partial charge in [-0.3, -0.25) is 0 Å². The van der Waals surface area contributed by atoms with E-state index in [1.165, 1.54) is 0 Å². The SMILES string of the molecule is COc1ccc(C=C(C#N)c2nnc3n2CCCCC3)c(OC)c1OC. The molecule has 1 aromatic heterocycles. The lowest BCUT2D eigenvalue weighted by molar-refractivity contribution is 0.324. The molecule has 0 fully saturated rings. The van der Waals surface area contributed by atoms with E-state index in [1.807, 2.05) is 6.07 Å². The van der Waals surface area contributed by atoms with Crippen LogP contribution in [0.2, 0.25) is 0 Å². The van der Waals surface area contributed by atoms with Gasteiger partial charge in [0.15, 0.2) is 17.3 Å². The van der Waals surface area contributed by atoms with Gasteiger partial charge < -0.3 is 18.8 Å². The molecule has 0 saturated carbocycles. The van der Waals surface area contributed by atoms with Crippen LogP contribution in [0.4, 0.5) is 0 Å². The monoisotopic (exact) mass is 354 g/mol. The summed E-state index contributed by atoms with van der Waals surface area (Å²) in [4.78, 5) is 0. The molecule has 0 unspecified atom stereocenters. The smallest absolute Gasteiger partial charge is 0.203 e. The fourth-order valence-corrected chi connectivity index (χ4v) is 3.22. The van der Waals surface area contributed by atoms with E-state index in [0.717, 1.165) is 38.1 Å². The van der Waals surface area contributed by atoms with Crippen molar-refractivity contribution in [2.24, 2.45) is 0 Å². The van der Waals surface area contributed by atoms with Crippen LogP contribution in [-0.2, 0) is 13.0 Å². The molecule has 0 bridgehead atoms. The highest BCUT2D eigenvalue weighted by molar-refractivity contribution is 5.89. The Hall–Kier alpha value is -3.01. The average molecular weight is 354 g/mol. The van der Waals surface area contributed by atoms with Crippen LogP contribution >= 0.6 is 0 Å². The molecule has 7 heteroatoms. The van der Waals surface area contributed by atoms with E-state index < -0.39 is 0 Å². The number of benzene rings is 1. The Morgan fingerprint density at radius 3 is 2.58 bits per heavy atom. The molecule has 7 nitrogen and oxygen atoms in total. The standard InChI is InChI=1S/C19H22N4O3/c1-24-15-9-8-13(17(25-2)18(15)26-3)11-14(12-20)19-22-21-16-7-5-4-6-10-23(16)19/h8-9,11H,4-7,10H2,1-3H3. The topological polar surface area (TPSA) is 82.2 Å². The van der Waals surface area contributed by atoms with Crippen LogP contribution in [0, 0.1) is 11.3 Å². The van der Waals surface area contributed by atoms with Crippen molar-refractivity contribution in [3.05, 3.63) is 29.3 Å². The van der Waals surface area contributed by atoms with Crippen molar-refractivity contribution in [1.82, 2.24) is 14.8 Å². The molecule has 3 rings (SSSR count). The predicted molar refractivity (Wildman–Crippen MR) is 97.2 cm³/mol. The third kappa shape index (κ3) is 3.23. The number of methoxy groups -OCH3 is 3. The summed E-state index contributed by atoms with van der Waals surface area (Å²) in [5.74, 6) is 3.10. The van der Waals surface area contributed by atoms with Crippen molar-refractivity contribution in [1.29, 1.82) is 5.26 Å². The molecule has 136 valence electrons. The molecule has 1 aliphatic heterocycles. The number of nitriles is 1. The lowest BCUT2D eigenvalue weighted by atomic mass is 10.1. The van der Waals surface area contributed by atoms with Crippen LogP contribution in [0.15, 0.2) is 12.1 Å². The van der Waals surface area contributed by atoms with Crippen LogP contribution in [0.3, 0.4) is 0 Å². The summed E-state index contributed by atoms with van der Waals surface area (Å²) in [6, 6.07) is 5.87. The van der Waals surface area contributed by atoms with E-state index in [-0.39, 0.29) is 0 Å². The molecule has 0 radical (unpaired) electrons. The van der Waals surface area contributed by atoms with Crippen molar-refractivity contribution < 1.29 is 14.2 Å². The number of aryl methyl sites for hydroxylation is 1. The highest BCUT2D eigenvalue weighted by Crippen LogP contribution is 2.41. The van der Waals surface area contributed by atoms with Gasteiger partial charge >= 0.3 is 0 Å². The summed E-state index contributed by atoms with van der Waals surface area (Å²) in [5.41, 5.74) is 1.16. The molecule has 0 spiro atoms. The zero-order valence-electron chi connectivity index (χ0n) is 15.3. The molecule has 26 heavy (non-hydrogen) atoms. The van der Waals surface area contributed by atoms with Crippen molar-refractivity contribution >= 4 is 11.6 Å². The van der Waals surface area contributed by atoms with Gasteiger partial charge in [-0.05, 0) is 31.1 Å². The van der Waals surface area contributed by atoms with Crippen LogP contribution in [0.25, 0.3) is 11.6 Å². The third-order valence-corrected chi connectivity index (χ3v) is 4.51. The number of allylic oxidation sites excluding steroid dienone is 1. The molecule has 0 saturated heterocycles. The first-order chi connectivity index (χ1) is 12.7. The normalized spacial score (nSPS) is 14.2. The van der Waals surface area contributed by atoms with Gasteiger partial charge in [-0.1, -0.05) is 6.42 Å². The van der Waals surface area contributed by atoms with E-state index >= 15 is 0 Å². The van der Waals surface area contributed by atoms with Crippen molar-refractivity contribution in [3.8, 4) is 23.3 Å². The second-order valence-electron chi connectivity index (χ2n) is 6.00. The van der Waals surface area contributed by atoms with E-state index in [9.17, 15) is 5.26 Å². The highest BCUT2D eigenvalue weighted by atomic mass is 16.5. The quantitative estimate of drug-likeness (QED) is 0.768. The van der Waals surface area contributed by atoms with Gasteiger partial charge in [0, 0.05) is 18.5 Å². The molecule has 1 aliphatic rings. The zero-order valence-corrected chi connectivity index (χ0v) is 15.3. The number of aromatic nitrogens is 3. The molecule has 2 aromatic rings. The highest BCUT2D eigenvalue weighted by Gasteiger charge is 2.20. The maximum absolute atomic E-state index is 9.73. The predicted octanol–water partition coefficient (Wildman–Crippen LogP) is 3.09. The van der Waals surface area contributed by atoms with E-state index in [0.29, 0.717) is 34.2 Å². The Balaban J connectivity index is 2.09. The molecular weight excluding hydrogens is 332 g/mol. The lowest BCUT2D eigenvalue weighted by Crippen LogP contribution is -2.05. The Morgan fingerprint density at radius 2 is 1.88 bits per heavy atom.